The number of rotatable bonds is 3. The Labute approximate surface area is 146 Å². The van der Waals surface area contributed by atoms with Gasteiger partial charge < -0.3 is 14.7 Å². The summed E-state index contributed by atoms with van der Waals surface area (Å²) < 4.78 is 29.6. The molecule has 3 heterocycles. The van der Waals surface area contributed by atoms with Crippen molar-refractivity contribution in [2.45, 2.75) is 25.7 Å². The molecule has 1 amide bonds. The third-order valence-electron chi connectivity index (χ3n) is 5.23. The van der Waals surface area contributed by atoms with E-state index in [4.69, 9.17) is 0 Å². The molecule has 1 spiro atoms. The van der Waals surface area contributed by atoms with Crippen LogP contribution in [0.25, 0.3) is 0 Å². The number of alkyl halides is 2. The van der Waals surface area contributed by atoms with Crippen LogP contribution in [0.5, 0.6) is 0 Å². The smallest absolute Gasteiger partial charge is 0.258 e. The first kappa shape index (κ1) is 18.0. The third-order valence-corrected chi connectivity index (χ3v) is 5.23. The van der Waals surface area contributed by atoms with Crippen molar-refractivity contribution in [3.8, 4) is 0 Å². The highest BCUT2D eigenvalue weighted by atomic mass is 19.3. The second-order valence-electron chi connectivity index (χ2n) is 7.49. The Morgan fingerprint density at radius 3 is 2.60 bits per heavy atom. The molecular weight excluding hydrogens is 328 g/mol. The van der Waals surface area contributed by atoms with Crippen LogP contribution >= 0.6 is 0 Å². The predicted octanol–water partition coefficient (Wildman–Crippen LogP) is 1.41. The van der Waals surface area contributed by atoms with Crippen molar-refractivity contribution >= 4 is 11.7 Å². The summed E-state index contributed by atoms with van der Waals surface area (Å²) in [6.07, 6.45) is 0.0703. The van der Waals surface area contributed by atoms with Gasteiger partial charge in [0.25, 0.3) is 5.92 Å². The lowest BCUT2D eigenvalue weighted by Crippen LogP contribution is -2.59. The Kier molecular flexibility index (Phi) is 4.66. The van der Waals surface area contributed by atoms with E-state index in [9.17, 15) is 13.6 Å². The van der Waals surface area contributed by atoms with E-state index in [0.29, 0.717) is 18.8 Å². The van der Waals surface area contributed by atoms with Crippen molar-refractivity contribution in [2.75, 3.05) is 51.7 Å². The fourth-order valence-corrected chi connectivity index (χ4v) is 3.74. The van der Waals surface area contributed by atoms with Crippen LogP contribution < -0.4 is 4.90 Å². The molecule has 0 radical (unpaired) electrons. The van der Waals surface area contributed by atoms with E-state index in [0.717, 1.165) is 5.69 Å². The Morgan fingerprint density at radius 1 is 1.20 bits per heavy atom. The lowest BCUT2D eigenvalue weighted by Gasteiger charge is -2.46. The van der Waals surface area contributed by atoms with Gasteiger partial charge in [-0.25, -0.2) is 8.78 Å². The molecule has 2 aliphatic heterocycles. The van der Waals surface area contributed by atoms with Crippen LogP contribution in [0.1, 0.15) is 18.5 Å². The molecule has 0 N–H and O–H groups in total. The average molecular weight is 353 g/mol. The summed E-state index contributed by atoms with van der Waals surface area (Å²) in [6.45, 7) is 3.00. The molecule has 0 aliphatic carbocycles. The normalized spacial score (nSPS) is 25.8. The minimum absolute atomic E-state index is 0.0894. The van der Waals surface area contributed by atoms with E-state index in [2.05, 4.69) is 10.2 Å². The highest BCUT2D eigenvalue weighted by molar-refractivity contribution is 5.78. The van der Waals surface area contributed by atoms with Gasteiger partial charge in [0, 0.05) is 32.6 Å². The molecule has 2 saturated heterocycles. The van der Waals surface area contributed by atoms with E-state index in [1.54, 1.807) is 23.9 Å². The maximum Gasteiger partial charge on any atom is 0.258 e. The number of amides is 1. The standard InChI is InChI=1S/C17H25F2N5O/c1-13-4-5-14(21-20-13)23-8-6-16(11-23)12-24(9-7-17(16,18)19)15(25)10-22(2)3/h4-5H,6-12H2,1-3H3. The van der Waals surface area contributed by atoms with Crippen LogP contribution in [0, 0.1) is 12.3 Å². The number of carbonyl (C=O) groups excluding carboxylic acids is 1. The fraction of sp³-hybridized carbons (Fsp3) is 0.706. The second-order valence-corrected chi connectivity index (χ2v) is 7.49. The van der Waals surface area contributed by atoms with Gasteiger partial charge in [0.2, 0.25) is 5.91 Å². The molecule has 0 aromatic carbocycles. The minimum atomic E-state index is -2.78. The number of hydrogen-bond donors (Lipinski definition) is 0. The van der Waals surface area contributed by atoms with Gasteiger partial charge in [0.05, 0.1) is 17.7 Å². The molecule has 0 saturated carbocycles. The van der Waals surface area contributed by atoms with E-state index < -0.39 is 11.3 Å². The number of piperidine rings is 1. The zero-order valence-corrected chi connectivity index (χ0v) is 15.0. The van der Waals surface area contributed by atoms with Gasteiger partial charge in [-0.05, 0) is 39.6 Å². The van der Waals surface area contributed by atoms with Crippen LogP contribution in [0.3, 0.4) is 0 Å². The van der Waals surface area contributed by atoms with Crippen molar-refractivity contribution in [3.63, 3.8) is 0 Å². The van der Waals surface area contributed by atoms with Crippen molar-refractivity contribution in [2.24, 2.45) is 5.41 Å². The molecule has 1 unspecified atom stereocenters. The van der Waals surface area contributed by atoms with E-state index in [-0.39, 0.29) is 38.5 Å². The number of nitrogens with zero attached hydrogens (tertiary/aromatic N) is 5. The molecule has 2 fully saturated rings. The highest BCUT2D eigenvalue weighted by Gasteiger charge is 2.60. The van der Waals surface area contributed by atoms with Gasteiger partial charge >= 0.3 is 0 Å². The SMILES string of the molecule is Cc1ccc(N2CCC3(CN(C(=O)CN(C)C)CCC3(F)F)C2)nn1. The molecule has 6 nitrogen and oxygen atoms in total. The minimum Gasteiger partial charge on any atom is -0.354 e. The summed E-state index contributed by atoms with van der Waals surface area (Å²) in [6, 6.07) is 3.65. The van der Waals surface area contributed by atoms with E-state index in [1.165, 1.54) is 0 Å². The van der Waals surface area contributed by atoms with E-state index in [1.807, 2.05) is 24.0 Å². The summed E-state index contributed by atoms with van der Waals surface area (Å²) in [4.78, 5) is 17.6. The quantitative estimate of drug-likeness (QED) is 0.822. The summed E-state index contributed by atoms with van der Waals surface area (Å²) in [5.41, 5.74) is -0.416. The maximum atomic E-state index is 14.8. The van der Waals surface area contributed by atoms with E-state index >= 15 is 0 Å². The van der Waals surface area contributed by atoms with Gasteiger partial charge in [0.1, 0.15) is 0 Å². The first-order valence-electron chi connectivity index (χ1n) is 8.58. The number of carbonyl (C=O) groups is 1. The molecule has 8 heteroatoms. The number of aryl methyl sites for hydroxylation is 1. The number of hydrogen-bond acceptors (Lipinski definition) is 5. The second kappa shape index (κ2) is 6.48. The number of aromatic nitrogens is 2. The molecule has 2 aliphatic rings. The number of likely N-dealkylation sites (N-methyl/N-ethyl adjacent to an activating group) is 1. The van der Waals surface area contributed by atoms with Gasteiger partial charge in [-0.15, -0.1) is 5.10 Å². The summed E-state index contributed by atoms with van der Waals surface area (Å²) in [7, 11) is 3.61. The molecule has 1 aromatic rings. The van der Waals surface area contributed by atoms with Gasteiger partial charge in [-0.3, -0.25) is 4.79 Å². The third kappa shape index (κ3) is 3.44. The molecule has 3 rings (SSSR count). The summed E-state index contributed by atoms with van der Waals surface area (Å²) >= 11 is 0. The first-order chi connectivity index (χ1) is 11.7. The Hall–Kier alpha value is -1.83. The number of halogens is 2. The van der Waals surface area contributed by atoms with Crippen LogP contribution in [-0.4, -0.2) is 78.6 Å². The zero-order chi connectivity index (χ0) is 18.2. The molecular formula is C17H25F2N5O. The molecule has 1 aromatic heterocycles. The topological polar surface area (TPSA) is 52.6 Å². The van der Waals surface area contributed by atoms with Crippen LogP contribution in [0.2, 0.25) is 0 Å². The van der Waals surface area contributed by atoms with Crippen molar-refractivity contribution in [1.82, 2.24) is 20.0 Å². The van der Waals surface area contributed by atoms with Crippen molar-refractivity contribution in [3.05, 3.63) is 17.8 Å². The van der Waals surface area contributed by atoms with Gasteiger partial charge in [-0.1, -0.05) is 0 Å². The Bertz CT molecular complexity index is 636. The fourth-order valence-electron chi connectivity index (χ4n) is 3.74. The highest BCUT2D eigenvalue weighted by Crippen LogP contribution is 2.50. The van der Waals surface area contributed by atoms with Gasteiger partial charge in [0.15, 0.2) is 5.82 Å². The van der Waals surface area contributed by atoms with Crippen molar-refractivity contribution < 1.29 is 13.6 Å². The average Bonchev–Trinajstić information content (AvgIpc) is 2.96. The Balaban J connectivity index is 1.78. The zero-order valence-electron chi connectivity index (χ0n) is 15.0. The van der Waals surface area contributed by atoms with Crippen LogP contribution in [-0.2, 0) is 4.79 Å². The summed E-state index contributed by atoms with van der Waals surface area (Å²) in [5.74, 6) is -2.25. The predicted molar refractivity (Wildman–Crippen MR) is 90.7 cm³/mol. The number of anilines is 1. The monoisotopic (exact) mass is 353 g/mol. The maximum absolute atomic E-state index is 14.8. The van der Waals surface area contributed by atoms with Crippen LogP contribution in [0.15, 0.2) is 12.1 Å². The lowest BCUT2D eigenvalue weighted by atomic mass is 9.75. The molecule has 138 valence electrons. The largest absolute Gasteiger partial charge is 0.354 e. The molecule has 1 atom stereocenters. The lowest BCUT2D eigenvalue weighted by molar-refractivity contribution is -0.169. The first-order valence-corrected chi connectivity index (χ1v) is 8.58. The molecule has 25 heavy (non-hydrogen) atoms. The van der Waals surface area contributed by atoms with Gasteiger partial charge in [-0.2, -0.15) is 5.10 Å². The number of likely N-dealkylation sites (tertiary alicyclic amines) is 1. The Morgan fingerprint density at radius 2 is 1.96 bits per heavy atom. The summed E-state index contributed by atoms with van der Waals surface area (Å²) in [5, 5.41) is 8.14. The van der Waals surface area contributed by atoms with Crippen LogP contribution in [0.4, 0.5) is 14.6 Å². The molecule has 0 bridgehead atoms. The van der Waals surface area contributed by atoms with Crippen molar-refractivity contribution in [1.29, 1.82) is 0 Å².